The molecule has 2 aromatic carbocycles. The molecule has 0 fully saturated rings. The fraction of sp³-hybridized carbons (Fsp3) is 0.0625. The van der Waals surface area contributed by atoms with E-state index in [0.717, 1.165) is 5.56 Å². The molecule has 1 amide bonds. The summed E-state index contributed by atoms with van der Waals surface area (Å²) in [5.41, 5.74) is 4.78. The van der Waals surface area contributed by atoms with Crippen molar-refractivity contribution in [2.24, 2.45) is 5.10 Å². The standard InChI is InChI=1S/C16H14ClN3O3/c1-10(21)19-12-4-2-11(3-5-12)9-18-20-13-6-7-15(17)14(8-13)16(22)23/h2-9,20H,1H3,(H,19,21)(H,22,23)/b18-9-. The molecule has 0 aliphatic carbocycles. The van der Waals surface area contributed by atoms with Crippen LogP contribution in [0.15, 0.2) is 47.6 Å². The quantitative estimate of drug-likeness (QED) is 0.578. The maximum atomic E-state index is 11.0. The lowest BCUT2D eigenvalue weighted by atomic mass is 10.2. The maximum absolute atomic E-state index is 11.0. The number of anilines is 2. The summed E-state index contributed by atoms with van der Waals surface area (Å²) < 4.78 is 0. The number of rotatable bonds is 5. The minimum Gasteiger partial charge on any atom is -0.478 e. The molecule has 3 N–H and O–H groups in total. The van der Waals surface area contributed by atoms with Crippen LogP contribution in [0.2, 0.25) is 5.02 Å². The lowest BCUT2D eigenvalue weighted by Crippen LogP contribution is -2.05. The number of carbonyl (C=O) groups excluding carboxylic acids is 1. The molecule has 0 unspecified atom stereocenters. The van der Waals surface area contributed by atoms with E-state index in [4.69, 9.17) is 16.7 Å². The number of aromatic carboxylic acids is 1. The molecule has 23 heavy (non-hydrogen) atoms. The monoisotopic (exact) mass is 331 g/mol. The molecule has 2 aromatic rings. The van der Waals surface area contributed by atoms with Gasteiger partial charge in [-0.1, -0.05) is 23.7 Å². The average molecular weight is 332 g/mol. The van der Waals surface area contributed by atoms with Gasteiger partial charge in [0.05, 0.1) is 22.5 Å². The van der Waals surface area contributed by atoms with E-state index in [9.17, 15) is 9.59 Å². The van der Waals surface area contributed by atoms with E-state index in [0.29, 0.717) is 11.4 Å². The molecule has 0 bridgehead atoms. The highest BCUT2D eigenvalue weighted by atomic mass is 35.5. The van der Waals surface area contributed by atoms with Gasteiger partial charge in [-0.2, -0.15) is 5.10 Å². The van der Waals surface area contributed by atoms with Gasteiger partial charge in [-0.25, -0.2) is 4.79 Å². The van der Waals surface area contributed by atoms with Gasteiger partial charge < -0.3 is 10.4 Å². The van der Waals surface area contributed by atoms with Gasteiger partial charge in [0.15, 0.2) is 0 Å². The van der Waals surface area contributed by atoms with Crippen molar-refractivity contribution in [2.75, 3.05) is 10.7 Å². The summed E-state index contributed by atoms with van der Waals surface area (Å²) in [6, 6.07) is 11.6. The molecule has 2 rings (SSSR count). The van der Waals surface area contributed by atoms with Crippen LogP contribution in [-0.4, -0.2) is 23.2 Å². The van der Waals surface area contributed by atoms with E-state index in [2.05, 4.69) is 15.8 Å². The Kier molecular flexibility index (Phi) is 5.32. The summed E-state index contributed by atoms with van der Waals surface area (Å²) in [5.74, 6) is -1.23. The summed E-state index contributed by atoms with van der Waals surface area (Å²) in [6.07, 6.45) is 1.58. The largest absolute Gasteiger partial charge is 0.478 e. The molecule has 0 atom stereocenters. The Balaban J connectivity index is 2.03. The molecule has 0 spiro atoms. The van der Waals surface area contributed by atoms with Gasteiger partial charge in [0.1, 0.15) is 0 Å². The molecule has 118 valence electrons. The Morgan fingerprint density at radius 2 is 1.78 bits per heavy atom. The minimum absolute atomic E-state index is 0.00604. The van der Waals surface area contributed by atoms with Gasteiger partial charge in [-0.3, -0.25) is 10.2 Å². The molecule has 7 heteroatoms. The van der Waals surface area contributed by atoms with Gasteiger partial charge in [0, 0.05) is 12.6 Å². The SMILES string of the molecule is CC(=O)Nc1ccc(/C=N\Nc2ccc(Cl)c(C(=O)O)c2)cc1. The predicted octanol–water partition coefficient (Wildman–Crippen LogP) is 3.44. The first-order valence-electron chi connectivity index (χ1n) is 6.65. The van der Waals surface area contributed by atoms with E-state index >= 15 is 0 Å². The molecular formula is C16H14ClN3O3. The van der Waals surface area contributed by atoms with Crippen molar-refractivity contribution in [3.8, 4) is 0 Å². The van der Waals surface area contributed by atoms with Crippen LogP contribution in [0.5, 0.6) is 0 Å². The van der Waals surface area contributed by atoms with Crippen LogP contribution in [0.4, 0.5) is 11.4 Å². The highest BCUT2D eigenvalue weighted by molar-refractivity contribution is 6.33. The lowest BCUT2D eigenvalue weighted by Gasteiger charge is -2.04. The van der Waals surface area contributed by atoms with Crippen molar-refractivity contribution in [1.29, 1.82) is 0 Å². The Morgan fingerprint density at radius 3 is 2.39 bits per heavy atom. The second kappa shape index (κ2) is 7.42. The minimum atomic E-state index is -1.10. The first kappa shape index (κ1) is 16.5. The Bertz CT molecular complexity index is 758. The zero-order valence-corrected chi connectivity index (χ0v) is 13.0. The van der Waals surface area contributed by atoms with Crippen LogP contribution in [0.25, 0.3) is 0 Å². The zero-order chi connectivity index (χ0) is 16.8. The van der Waals surface area contributed by atoms with E-state index in [1.165, 1.54) is 19.1 Å². The van der Waals surface area contributed by atoms with Crippen molar-refractivity contribution < 1.29 is 14.7 Å². The number of carbonyl (C=O) groups is 2. The molecular weight excluding hydrogens is 318 g/mol. The lowest BCUT2D eigenvalue weighted by molar-refractivity contribution is -0.114. The Morgan fingerprint density at radius 1 is 1.13 bits per heavy atom. The van der Waals surface area contributed by atoms with Crippen molar-refractivity contribution >= 4 is 41.1 Å². The molecule has 0 aliphatic rings. The van der Waals surface area contributed by atoms with Crippen LogP contribution in [0.1, 0.15) is 22.8 Å². The van der Waals surface area contributed by atoms with E-state index in [1.54, 1.807) is 36.5 Å². The molecule has 0 radical (unpaired) electrons. The number of benzene rings is 2. The van der Waals surface area contributed by atoms with Gasteiger partial charge >= 0.3 is 5.97 Å². The number of hydrazone groups is 1. The van der Waals surface area contributed by atoms with Gasteiger partial charge in [-0.05, 0) is 35.9 Å². The average Bonchev–Trinajstić information content (AvgIpc) is 2.50. The highest BCUT2D eigenvalue weighted by Crippen LogP contribution is 2.20. The van der Waals surface area contributed by atoms with Crippen LogP contribution in [-0.2, 0) is 4.79 Å². The van der Waals surface area contributed by atoms with Crippen LogP contribution in [0, 0.1) is 0 Å². The number of carboxylic acid groups (broad SMARTS) is 1. The van der Waals surface area contributed by atoms with E-state index in [1.807, 2.05) is 0 Å². The topological polar surface area (TPSA) is 90.8 Å². The highest BCUT2D eigenvalue weighted by Gasteiger charge is 2.08. The first-order chi connectivity index (χ1) is 11.0. The third-order valence-electron chi connectivity index (χ3n) is 2.84. The Hall–Kier alpha value is -2.86. The van der Waals surface area contributed by atoms with Gasteiger partial charge in [0.2, 0.25) is 5.91 Å². The summed E-state index contributed by atoms with van der Waals surface area (Å²) in [5, 5.41) is 15.9. The molecule has 0 saturated heterocycles. The Labute approximate surface area is 137 Å². The molecule has 0 aliphatic heterocycles. The predicted molar refractivity (Wildman–Crippen MR) is 90.4 cm³/mol. The third-order valence-corrected chi connectivity index (χ3v) is 3.16. The molecule has 0 heterocycles. The number of halogens is 1. The maximum Gasteiger partial charge on any atom is 0.337 e. The number of nitrogens with one attached hydrogen (secondary N) is 2. The fourth-order valence-corrected chi connectivity index (χ4v) is 1.99. The summed E-state index contributed by atoms with van der Waals surface area (Å²) in [6.45, 7) is 1.44. The van der Waals surface area contributed by atoms with Crippen LogP contribution < -0.4 is 10.7 Å². The number of carboxylic acids is 1. The summed E-state index contributed by atoms with van der Waals surface area (Å²) in [4.78, 5) is 21.9. The molecule has 6 nitrogen and oxygen atoms in total. The molecule has 0 saturated carbocycles. The smallest absolute Gasteiger partial charge is 0.337 e. The third kappa shape index (κ3) is 4.82. The number of amides is 1. The summed E-state index contributed by atoms with van der Waals surface area (Å²) >= 11 is 5.79. The van der Waals surface area contributed by atoms with E-state index < -0.39 is 5.97 Å². The summed E-state index contributed by atoms with van der Waals surface area (Å²) in [7, 11) is 0. The fourth-order valence-electron chi connectivity index (χ4n) is 1.80. The number of hydrogen-bond donors (Lipinski definition) is 3. The number of hydrogen-bond acceptors (Lipinski definition) is 4. The van der Waals surface area contributed by atoms with E-state index in [-0.39, 0.29) is 16.5 Å². The first-order valence-corrected chi connectivity index (χ1v) is 7.03. The number of nitrogens with zero attached hydrogens (tertiary/aromatic N) is 1. The second-order valence-corrected chi connectivity index (χ2v) is 5.08. The zero-order valence-electron chi connectivity index (χ0n) is 12.2. The second-order valence-electron chi connectivity index (χ2n) is 4.67. The van der Waals surface area contributed by atoms with Crippen molar-refractivity contribution in [3.05, 3.63) is 58.6 Å². The molecule has 0 aromatic heterocycles. The van der Waals surface area contributed by atoms with Gasteiger partial charge in [0.25, 0.3) is 0 Å². The van der Waals surface area contributed by atoms with Crippen molar-refractivity contribution in [1.82, 2.24) is 0 Å². The van der Waals surface area contributed by atoms with Gasteiger partial charge in [-0.15, -0.1) is 0 Å². The van der Waals surface area contributed by atoms with Crippen LogP contribution in [0.3, 0.4) is 0 Å². The van der Waals surface area contributed by atoms with Crippen molar-refractivity contribution in [3.63, 3.8) is 0 Å². The van der Waals surface area contributed by atoms with Crippen LogP contribution >= 0.6 is 11.6 Å². The normalized spacial score (nSPS) is 10.5. The van der Waals surface area contributed by atoms with Crippen molar-refractivity contribution in [2.45, 2.75) is 6.92 Å².